The second kappa shape index (κ2) is 6.11. The zero-order valence-electron chi connectivity index (χ0n) is 14.1. The molecule has 0 atom stereocenters. The summed E-state index contributed by atoms with van der Waals surface area (Å²) >= 11 is 0. The molecule has 0 aromatic rings. The number of hydrogen-bond donors (Lipinski definition) is 1. The molecule has 0 unspecified atom stereocenters. The lowest BCUT2D eigenvalue weighted by Crippen LogP contribution is -2.68. The van der Waals surface area contributed by atoms with Gasteiger partial charge in [-0.3, -0.25) is 4.90 Å². The maximum atomic E-state index is 5.56. The Morgan fingerprint density at radius 3 is 2.26 bits per heavy atom. The Bertz CT molecular complexity index is 282. The predicted octanol–water partition coefficient (Wildman–Crippen LogP) is 3.04. The van der Waals surface area contributed by atoms with Crippen LogP contribution in [-0.2, 0) is 4.74 Å². The summed E-state index contributed by atoms with van der Waals surface area (Å²) in [6.45, 7) is 17.0. The maximum absolute atomic E-state index is 5.56. The summed E-state index contributed by atoms with van der Waals surface area (Å²) in [7, 11) is 1.81. The van der Waals surface area contributed by atoms with E-state index in [1.54, 1.807) is 0 Å². The first-order chi connectivity index (χ1) is 8.70. The molecule has 0 spiro atoms. The van der Waals surface area contributed by atoms with E-state index in [0.717, 1.165) is 26.1 Å². The van der Waals surface area contributed by atoms with Gasteiger partial charge in [0.1, 0.15) is 0 Å². The Kier molecular flexibility index (Phi) is 5.44. The van der Waals surface area contributed by atoms with Crippen LogP contribution in [0.2, 0.25) is 0 Å². The first kappa shape index (κ1) is 16.9. The number of nitrogens with one attached hydrogen (secondary N) is 1. The Labute approximate surface area is 120 Å². The van der Waals surface area contributed by atoms with Crippen molar-refractivity contribution in [1.82, 2.24) is 10.2 Å². The molecule has 0 saturated carbocycles. The molecule has 1 fully saturated rings. The number of hydrogen-bond acceptors (Lipinski definition) is 3. The van der Waals surface area contributed by atoms with Crippen molar-refractivity contribution in [2.75, 3.05) is 26.7 Å². The lowest BCUT2D eigenvalue weighted by molar-refractivity contribution is -0.0231. The molecule has 19 heavy (non-hydrogen) atoms. The van der Waals surface area contributed by atoms with Crippen LogP contribution < -0.4 is 5.32 Å². The quantitative estimate of drug-likeness (QED) is 0.803. The Balaban J connectivity index is 2.71. The summed E-state index contributed by atoms with van der Waals surface area (Å²) in [6.07, 6.45) is 3.48. The minimum Gasteiger partial charge on any atom is -0.379 e. The molecule has 1 aliphatic heterocycles. The average molecular weight is 270 g/mol. The molecule has 0 bridgehead atoms. The highest BCUT2D eigenvalue weighted by atomic mass is 16.5. The summed E-state index contributed by atoms with van der Waals surface area (Å²) < 4.78 is 5.56. The molecule has 0 aromatic heterocycles. The highest BCUT2D eigenvalue weighted by Crippen LogP contribution is 2.29. The molecule has 0 aliphatic carbocycles. The summed E-state index contributed by atoms with van der Waals surface area (Å²) in [5, 5.41) is 3.79. The molecule has 3 heteroatoms. The minimum atomic E-state index is -0.0257. The topological polar surface area (TPSA) is 24.5 Å². The van der Waals surface area contributed by atoms with Crippen molar-refractivity contribution >= 4 is 0 Å². The Morgan fingerprint density at radius 2 is 1.79 bits per heavy atom. The van der Waals surface area contributed by atoms with E-state index >= 15 is 0 Å². The monoisotopic (exact) mass is 270 g/mol. The number of piperazine rings is 1. The normalized spacial score (nSPS) is 23.5. The van der Waals surface area contributed by atoms with E-state index in [9.17, 15) is 0 Å². The summed E-state index contributed by atoms with van der Waals surface area (Å²) in [4.78, 5) is 2.65. The average Bonchev–Trinajstić information content (AvgIpc) is 2.38. The van der Waals surface area contributed by atoms with Crippen molar-refractivity contribution in [3.8, 4) is 0 Å². The third kappa shape index (κ3) is 4.17. The predicted molar refractivity (Wildman–Crippen MR) is 82.7 cm³/mol. The molecule has 0 amide bonds. The fourth-order valence-electron chi connectivity index (χ4n) is 2.76. The van der Waals surface area contributed by atoms with Crippen molar-refractivity contribution in [3.63, 3.8) is 0 Å². The van der Waals surface area contributed by atoms with Crippen molar-refractivity contribution in [2.24, 2.45) is 0 Å². The molecular formula is C16H34N2O. The van der Waals surface area contributed by atoms with Crippen LogP contribution in [0.25, 0.3) is 0 Å². The first-order valence-electron chi connectivity index (χ1n) is 7.75. The van der Waals surface area contributed by atoms with Gasteiger partial charge in [0.15, 0.2) is 0 Å². The zero-order valence-corrected chi connectivity index (χ0v) is 14.1. The van der Waals surface area contributed by atoms with Gasteiger partial charge in [0, 0.05) is 37.8 Å². The molecule has 1 saturated heterocycles. The Morgan fingerprint density at radius 1 is 1.21 bits per heavy atom. The van der Waals surface area contributed by atoms with E-state index in [1.807, 2.05) is 7.11 Å². The van der Waals surface area contributed by atoms with Crippen LogP contribution in [0, 0.1) is 0 Å². The van der Waals surface area contributed by atoms with Gasteiger partial charge in [0.2, 0.25) is 0 Å². The van der Waals surface area contributed by atoms with Crippen molar-refractivity contribution < 1.29 is 4.74 Å². The number of ether oxygens (including phenoxy) is 1. The van der Waals surface area contributed by atoms with E-state index in [-0.39, 0.29) is 11.1 Å². The highest BCUT2D eigenvalue weighted by Gasteiger charge is 2.40. The molecular weight excluding hydrogens is 236 g/mol. The van der Waals surface area contributed by atoms with E-state index in [0.29, 0.717) is 5.54 Å². The Hall–Kier alpha value is -0.120. The second-order valence-electron chi connectivity index (χ2n) is 7.29. The molecule has 114 valence electrons. The van der Waals surface area contributed by atoms with Gasteiger partial charge >= 0.3 is 0 Å². The van der Waals surface area contributed by atoms with Gasteiger partial charge in [-0.05, 0) is 47.0 Å². The van der Waals surface area contributed by atoms with Crippen LogP contribution >= 0.6 is 0 Å². The molecule has 0 aromatic carbocycles. The molecule has 1 heterocycles. The van der Waals surface area contributed by atoms with E-state index in [1.165, 1.54) is 12.8 Å². The molecule has 1 N–H and O–H groups in total. The fourth-order valence-corrected chi connectivity index (χ4v) is 2.76. The van der Waals surface area contributed by atoms with Gasteiger partial charge in [0.25, 0.3) is 0 Å². The summed E-state index contributed by atoms with van der Waals surface area (Å²) in [5.41, 5.74) is 0.506. The highest BCUT2D eigenvalue weighted by molar-refractivity contribution is 5.01. The lowest BCUT2D eigenvalue weighted by Gasteiger charge is -2.52. The van der Waals surface area contributed by atoms with Gasteiger partial charge in [-0.1, -0.05) is 13.8 Å². The van der Waals surface area contributed by atoms with Crippen molar-refractivity contribution in [1.29, 1.82) is 0 Å². The number of rotatable bonds is 6. The zero-order chi connectivity index (χ0) is 14.7. The minimum absolute atomic E-state index is 0.0257. The third-order valence-electron chi connectivity index (χ3n) is 5.14. The van der Waals surface area contributed by atoms with Crippen molar-refractivity contribution in [3.05, 3.63) is 0 Å². The van der Waals surface area contributed by atoms with Gasteiger partial charge < -0.3 is 10.1 Å². The van der Waals surface area contributed by atoms with Crippen LogP contribution in [0.4, 0.5) is 0 Å². The summed E-state index contributed by atoms with van der Waals surface area (Å²) in [6, 6.07) is 0. The smallest absolute Gasteiger partial charge is 0.0634 e. The van der Waals surface area contributed by atoms with E-state index in [4.69, 9.17) is 4.74 Å². The molecule has 1 aliphatic rings. The number of nitrogens with zero attached hydrogens (tertiary/aromatic N) is 1. The molecule has 0 radical (unpaired) electrons. The van der Waals surface area contributed by atoms with Gasteiger partial charge in [0.05, 0.1) is 5.60 Å². The largest absolute Gasteiger partial charge is 0.379 e. The van der Waals surface area contributed by atoms with E-state index in [2.05, 4.69) is 51.8 Å². The van der Waals surface area contributed by atoms with Crippen LogP contribution in [0.15, 0.2) is 0 Å². The maximum Gasteiger partial charge on any atom is 0.0634 e. The van der Waals surface area contributed by atoms with E-state index < -0.39 is 0 Å². The number of methoxy groups -OCH3 is 1. The van der Waals surface area contributed by atoms with Crippen LogP contribution in [-0.4, -0.2) is 48.3 Å². The van der Waals surface area contributed by atoms with Gasteiger partial charge in [-0.25, -0.2) is 0 Å². The second-order valence-corrected chi connectivity index (χ2v) is 7.29. The SMILES string of the molecule is CCC1(CC)CN(CCC(C)(C)OC)C(C)(C)CN1. The lowest BCUT2D eigenvalue weighted by atomic mass is 9.84. The fraction of sp³-hybridized carbons (Fsp3) is 1.00. The van der Waals surface area contributed by atoms with Gasteiger partial charge in [-0.15, -0.1) is 0 Å². The molecule has 3 nitrogen and oxygen atoms in total. The first-order valence-corrected chi connectivity index (χ1v) is 7.75. The molecule has 1 rings (SSSR count). The van der Waals surface area contributed by atoms with Crippen LogP contribution in [0.1, 0.15) is 60.8 Å². The van der Waals surface area contributed by atoms with Crippen LogP contribution in [0.3, 0.4) is 0 Å². The standard InChI is InChI=1S/C16H34N2O/c1-8-16(9-2)13-18(14(3,4)12-17-16)11-10-15(5,6)19-7/h17H,8-13H2,1-7H3. The van der Waals surface area contributed by atoms with Gasteiger partial charge in [-0.2, -0.15) is 0 Å². The van der Waals surface area contributed by atoms with Crippen LogP contribution in [0.5, 0.6) is 0 Å². The van der Waals surface area contributed by atoms with Crippen molar-refractivity contribution in [2.45, 2.75) is 77.5 Å². The summed E-state index contributed by atoms with van der Waals surface area (Å²) in [5.74, 6) is 0. The third-order valence-corrected chi connectivity index (χ3v) is 5.14.